The molecule has 1 aromatic rings. The van der Waals surface area contributed by atoms with Gasteiger partial charge in [-0.05, 0) is 25.8 Å². The van der Waals surface area contributed by atoms with Crippen molar-refractivity contribution in [1.29, 1.82) is 0 Å². The maximum atomic E-state index is 12.3. The Balaban J connectivity index is 1.74. The fourth-order valence-electron chi connectivity index (χ4n) is 2.84. The van der Waals surface area contributed by atoms with E-state index in [4.69, 9.17) is 14.7 Å². The molecule has 0 unspecified atom stereocenters. The summed E-state index contributed by atoms with van der Waals surface area (Å²) in [7, 11) is -4.75. The Labute approximate surface area is 132 Å². The summed E-state index contributed by atoms with van der Waals surface area (Å²) in [6.45, 7) is 0.773. The van der Waals surface area contributed by atoms with Crippen molar-refractivity contribution in [3.63, 3.8) is 0 Å². The number of fused-ring (bicyclic) bond motifs is 2. The molecule has 11 nitrogen and oxygen atoms in total. The molecule has 2 fully saturated rings. The molecule has 0 radical (unpaired) electrons. The number of aromatic nitrogens is 2. The Morgan fingerprint density at radius 3 is 2.87 bits per heavy atom. The van der Waals surface area contributed by atoms with Crippen molar-refractivity contribution in [2.75, 3.05) is 13.1 Å². The van der Waals surface area contributed by atoms with Crippen LogP contribution < -0.4 is 5.73 Å². The number of carbonyl (C=O) groups excluding carboxylic acids is 1. The van der Waals surface area contributed by atoms with Gasteiger partial charge in [0.1, 0.15) is 6.04 Å². The van der Waals surface area contributed by atoms with E-state index in [0.29, 0.717) is 49.1 Å². The molecule has 3 rings (SSSR count). The van der Waals surface area contributed by atoms with Crippen LogP contribution in [-0.2, 0) is 21.1 Å². The van der Waals surface area contributed by atoms with Crippen molar-refractivity contribution in [3.05, 3.63) is 11.8 Å². The molecule has 0 aliphatic carbocycles. The lowest BCUT2D eigenvalue weighted by Crippen LogP contribution is -2.35. The number of carbonyl (C=O) groups is 1. The van der Waals surface area contributed by atoms with Crippen LogP contribution in [0, 0.1) is 0 Å². The Morgan fingerprint density at radius 1 is 1.39 bits per heavy atom. The molecule has 0 saturated carbocycles. The summed E-state index contributed by atoms with van der Waals surface area (Å²) in [5.41, 5.74) is 5.43. The molecule has 2 aliphatic heterocycles. The first-order chi connectivity index (χ1) is 10.9. The molecular weight excluding hydrogens is 330 g/mol. The highest BCUT2D eigenvalue weighted by atomic mass is 32.3. The molecule has 0 spiro atoms. The number of nitrogens with two attached hydrogens (primary N) is 1. The number of piperidine rings is 1. The Bertz CT molecular complexity index is 691. The molecule has 23 heavy (non-hydrogen) atoms. The highest BCUT2D eigenvalue weighted by Gasteiger charge is 2.49. The number of nitrogens with zero attached hydrogens (tertiary/aromatic N) is 4. The number of urea groups is 1. The zero-order valence-electron chi connectivity index (χ0n) is 12.2. The first-order valence-electron chi connectivity index (χ1n) is 7.18. The minimum atomic E-state index is -4.75. The van der Waals surface area contributed by atoms with Crippen LogP contribution in [0.15, 0.2) is 4.42 Å². The summed E-state index contributed by atoms with van der Waals surface area (Å²) in [6, 6.07) is -1.54. The Hall–Kier alpha value is -1.76. The standard InChI is InChI=1S/C11H17N5O6S/c12-5-1-2-9-13-14-10(21-9)8-4-3-7-6-15(8)11(17)16(7)22-23(18,19)20/h7-8H,1-6,12H2,(H,18,19,20)/t7-,8-/m0/s1. The Morgan fingerprint density at radius 2 is 2.17 bits per heavy atom. The fourth-order valence-corrected chi connectivity index (χ4v) is 3.23. The van der Waals surface area contributed by atoms with E-state index in [2.05, 4.69) is 14.5 Å². The molecule has 12 heteroatoms. The van der Waals surface area contributed by atoms with Crippen molar-refractivity contribution in [1.82, 2.24) is 20.2 Å². The number of aryl methyl sites for hydroxylation is 1. The van der Waals surface area contributed by atoms with Gasteiger partial charge in [0, 0.05) is 13.0 Å². The van der Waals surface area contributed by atoms with E-state index >= 15 is 0 Å². The molecule has 2 saturated heterocycles. The van der Waals surface area contributed by atoms with Crippen LogP contribution in [0.1, 0.15) is 37.1 Å². The van der Waals surface area contributed by atoms with Gasteiger partial charge in [0.25, 0.3) is 0 Å². The predicted molar refractivity (Wildman–Crippen MR) is 74.0 cm³/mol. The number of hydrogen-bond donors (Lipinski definition) is 2. The largest absolute Gasteiger partial charge is 0.423 e. The number of amides is 2. The van der Waals surface area contributed by atoms with Gasteiger partial charge in [0.15, 0.2) is 0 Å². The van der Waals surface area contributed by atoms with E-state index in [1.54, 1.807) is 0 Å². The lowest BCUT2D eigenvalue weighted by atomic mass is 10.0. The summed E-state index contributed by atoms with van der Waals surface area (Å²) in [5.74, 6) is 0.753. The zero-order valence-corrected chi connectivity index (χ0v) is 13.0. The minimum Gasteiger partial charge on any atom is -0.423 e. The highest BCUT2D eigenvalue weighted by Crippen LogP contribution is 2.38. The van der Waals surface area contributed by atoms with Crippen LogP contribution in [0.4, 0.5) is 4.79 Å². The first-order valence-corrected chi connectivity index (χ1v) is 8.54. The maximum absolute atomic E-state index is 12.3. The van der Waals surface area contributed by atoms with Crippen molar-refractivity contribution >= 4 is 16.4 Å². The molecule has 2 aliphatic rings. The van der Waals surface area contributed by atoms with Crippen LogP contribution in [0.5, 0.6) is 0 Å². The van der Waals surface area contributed by atoms with Crippen LogP contribution in [0.25, 0.3) is 0 Å². The molecule has 2 atom stereocenters. The van der Waals surface area contributed by atoms with E-state index in [1.807, 2.05) is 0 Å². The number of hydroxylamine groups is 2. The second kappa shape index (κ2) is 6.03. The summed E-state index contributed by atoms with van der Waals surface area (Å²) >= 11 is 0. The molecular formula is C11H17N5O6S. The van der Waals surface area contributed by atoms with Crippen LogP contribution in [-0.4, -0.2) is 58.3 Å². The molecule has 2 bridgehead atoms. The maximum Gasteiger partial charge on any atom is 0.418 e. The van der Waals surface area contributed by atoms with E-state index in [1.165, 1.54) is 4.90 Å². The third-order valence-corrected chi connectivity index (χ3v) is 4.21. The van der Waals surface area contributed by atoms with Gasteiger partial charge in [0.05, 0.1) is 6.04 Å². The van der Waals surface area contributed by atoms with Crippen LogP contribution in [0.3, 0.4) is 0 Å². The second-order valence-corrected chi connectivity index (χ2v) is 6.44. The Kier molecular flexibility index (Phi) is 4.23. The highest BCUT2D eigenvalue weighted by molar-refractivity contribution is 7.80. The minimum absolute atomic E-state index is 0.263. The van der Waals surface area contributed by atoms with Gasteiger partial charge < -0.3 is 15.1 Å². The van der Waals surface area contributed by atoms with Crippen molar-refractivity contribution in [2.24, 2.45) is 5.73 Å². The van der Waals surface area contributed by atoms with Crippen molar-refractivity contribution in [2.45, 2.75) is 37.8 Å². The molecule has 0 aromatic carbocycles. The summed E-state index contributed by atoms with van der Waals surface area (Å²) in [5, 5.41) is 8.57. The van der Waals surface area contributed by atoms with Crippen LogP contribution in [0.2, 0.25) is 0 Å². The summed E-state index contributed by atoms with van der Waals surface area (Å²) in [4.78, 5) is 13.7. The van der Waals surface area contributed by atoms with E-state index in [-0.39, 0.29) is 6.54 Å². The molecule has 128 valence electrons. The average molecular weight is 347 g/mol. The third-order valence-electron chi connectivity index (χ3n) is 3.86. The molecule has 3 N–H and O–H groups in total. The normalized spacial score (nSPS) is 24.5. The monoisotopic (exact) mass is 347 g/mol. The van der Waals surface area contributed by atoms with Gasteiger partial charge in [-0.2, -0.15) is 13.5 Å². The molecule has 3 heterocycles. The molecule has 1 aromatic heterocycles. The first kappa shape index (κ1) is 16.1. The van der Waals surface area contributed by atoms with Crippen LogP contribution >= 0.6 is 0 Å². The van der Waals surface area contributed by atoms with E-state index in [9.17, 15) is 13.2 Å². The smallest absolute Gasteiger partial charge is 0.418 e. The third kappa shape index (κ3) is 3.29. The zero-order chi connectivity index (χ0) is 16.6. The SMILES string of the molecule is NCCCc1nnc([C@@H]2CC[C@H]3CN2C(=O)N3OS(=O)(=O)O)o1. The lowest BCUT2D eigenvalue weighted by Gasteiger charge is -2.27. The summed E-state index contributed by atoms with van der Waals surface area (Å²) < 4.78 is 40.4. The average Bonchev–Trinajstić information content (AvgIpc) is 3.04. The van der Waals surface area contributed by atoms with Gasteiger partial charge in [-0.1, -0.05) is 0 Å². The van der Waals surface area contributed by atoms with Crippen molar-refractivity contribution < 1.29 is 26.5 Å². The van der Waals surface area contributed by atoms with Gasteiger partial charge in [-0.25, -0.2) is 4.79 Å². The quantitative estimate of drug-likeness (QED) is 0.657. The fraction of sp³-hybridized carbons (Fsp3) is 0.727. The van der Waals surface area contributed by atoms with Gasteiger partial charge in [-0.3, -0.25) is 4.55 Å². The summed E-state index contributed by atoms with van der Waals surface area (Å²) in [6.07, 6.45) is 2.29. The topological polar surface area (TPSA) is 152 Å². The van der Waals surface area contributed by atoms with E-state index < -0.39 is 28.5 Å². The van der Waals surface area contributed by atoms with Crippen molar-refractivity contribution in [3.8, 4) is 0 Å². The number of hydrogen-bond acceptors (Lipinski definition) is 8. The second-order valence-electron chi connectivity index (χ2n) is 5.44. The van der Waals surface area contributed by atoms with Gasteiger partial charge in [0.2, 0.25) is 11.8 Å². The predicted octanol–water partition coefficient (Wildman–Crippen LogP) is -0.364. The lowest BCUT2D eigenvalue weighted by molar-refractivity contribution is -0.0317. The van der Waals surface area contributed by atoms with E-state index in [0.717, 1.165) is 0 Å². The van der Waals surface area contributed by atoms with Gasteiger partial charge in [-0.15, -0.1) is 14.5 Å². The molecule has 2 amide bonds. The number of rotatable bonds is 6. The van der Waals surface area contributed by atoms with Gasteiger partial charge >= 0.3 is 16.4 Å².